The van der Waals surface area contributed by atoms with E-state index in [1.807, 2.05) is 19.1 Å². The summed E-state index contributed by atoms with van der Waals surface area (Å²) in [7, 11) is 1.33. The molecule has 32 heavy (non-hydrogen) atoms. The van der Waals surface area contributed by atoms with Gasteiger partial charge in [0.05, 0.1) is 36.1 Å². The average Bonchev–Trinajstić information content (AvgIpc) is 3.23. The van der Waals surface area contributed by atoms with Gasteiger partial charge < -0.3 is 9.47 Å². The molecule has 0 spiro atoms. The van der Waals surface area contributed by atoms with E-state index in [0.29, 0.717) is 47.6 Å². The number of aryl methyl sites for hydroxylation is 1. The molecule has 0 unspecified atom stereocenters. The summed E-state index contributed by atoms with van der Waals surface area (Å²) in [5.74, 6) is -0.607. The van der Waals surface area contributed by atoms with Crippen LogP contribution < -0.4 is 4.90 Å². The van der Waals surface area contributed by atoms with E-state index in [9.17, 15) is 9.59 Å². The molecule has 1 aliphatic heterocycles. The third-order valence-corrected chi connectivity index (χ3v) is 6.66. The molecule has 0 radical (unpaired) electrons. The fraction of sp³-hybridized carbons (Fsp3) is 0.348. The summed E-state index contributed by atoms with van der Waals surface area (Å²) in [6, 6.07) is 10.2. The minimum atomic E-state index is -0.438. The number of aromatic nitrogens is 1. The summed E-state index contributed by atoms with van der Waals surface area (Å²) in [4.78, 5) is 34.0. The smallest absolute Gasteiger partial charge is 0.337 e. The molecule has 3 aromatic rings. The van der Waals surface area contributed by atoms with Gasteiger partial charge in [0.15, 0.2) is 5.13 Å². The molecule has 0 atom stereocenters. The molecule has 1 saturated heterocycles. The van der Waals surface area contributed by atoms with Crippen LogP contribution in [0.5, 0.6) is 0 Å². The number of thiazole rings is 1. The van der Waals surface area contributed by atoms with E-state index < -0.39 is 5.97 Å². The van der Waals surface area contributed by atoms with Crippen molar-refractivity contribution in [1.29, 1.82) is 0 Å². The number of carbonyl (C=O) groups excluding carboxylic acids is 2. The molecule has 0 bridgehead atoms. The molecule has 4 rings (SSSR count). The third kappa shape index (κ3) is 4.94. The van der Waals surface area contributed by atoms with Gasteiger partial charge in [-0.05, 0) is 48.9 Å². The summed E-state index contributed by atoms with van der Waals surface area (Å²) >= 11 is 7.68. The highest BCUT2D eigenvalue weighted by Crippen LogP contribution is 2.33. The predicted octanol–water partition coefficient (Wildman–Crippen LogP) is 4.02. The summed E-state index contributed by atoms with van der Waals surface area (Å²) in [5, 5.41) is 1.27. The van der Waals surface area contributed by atoms with Crippen molar-refractivity contribution in [2.24, 2.45) is 0 Å². The lowest BCUT2D eigenvalue weighted by Gasteiger charge is -2.29. The molecule has 0 aliphatic carbocycles. The van der Waals surface area contributed by atoms with Crippen molar-refractivity contribution in [2.75, 3.05) is 51.4 Å². The van der Waals surface area contributed by atoms with Gasteiger partial charge in [-0.1, -0.05) is 22.9 Å². The number of nitrogens with zero attached hydrogens (tertiary/aromatic N) is 3. The van der Waals surface area contributed by atoms with Crippen molar-refractivity contribution < 1.29 is 19.1 Å². The molecule has 1 amide bonds. The first-order chi connectivity index (χ1) is 15.5. The zero-order valence-electron chi connectivity index (χ0n) is 18.0. The van der Waals surface area contributed by atoms with Crippen molar-refractivity contribution in [1.82, 2.24) is 9.88 Å². The Balaban J connectivity index is 1.64. The zero-order valence-corrected chi connectivity index (χ0v) is 19.5. The molecule has 1 aliphatic rings. The maximum atomic E-state index is 13.5. The highest BCUT2D eigenvalue weighted by atomic mass is 35.5. The van der Waals surface area contributed by atoms with Crippen molar-refractivity contribution in [3.8, 4) is 0 Å². The van der Waals surface area contributed by atoms with Crippen LogP contribution in [-0.4, -0.2) is 68.3 Å². The summed E-state index contributed by atoms with van der Waals surface area (Å²) in [6.45, 7) is 6.23. The Bertz CT molecular complexity index is 1130. The zero-order chi connectivity index (χ0) is 22.7. The van der Waals surface area contributed by atoms with Crippen molar-refractivity contribution in [3.63, 3.8) is 0 Å². The van der Waals surface area contributed by atoms with Gasteiger partial charge in [-0.25, -0.2) is 9.78 Å². The predicted molar refractivity (Wildman–Crippen MR) is 126 cm³/mol. The average molecular weight is 474 g/mol. The fourth-order valence-electron chi connectivity index (χ4n) is 3.63. The number of anilines is 1. The number of esters is 1. The van der Waals surface area contributed by atoms with Gasteiger partial charge in [-0.15, -0.1) is 0 Å². The Labute approximate surface area is 195 Å². The first-order valence-corrected chi connectivity index (χ1v) is 11.5. The number of methoxy groups -OCH3 is 1. The minimum Gasteiger partial charge on any atom is -0.465 e. The lowest BCUT2D eigenvalue weighted by atomic mass is 10.1. The minimum absolute atomic E-state index is 0.169. The lowest BCUT2D eigenvalue weighted by Crippen LogP contribution is -2.43. The van der Waals surface area contributed by atoms with Crippen molar-refractivity contribution in [2.45, 2.75) is 6.92 Å². The number of amides is 1. The molecule has 9 heteroatoms. The van der Waals surface area contributed by atoms with Gasteiger partial charge in [0.2, 0.25) is 0 Å². The van der Waals surface area contributed by atoms with Gasteiger partial charge in [-0.2, -0.15) is 0 Å². The van der Waals surface area contributed by atoms with Gasteiger partial charge in [0.1, 0.15) is 0 Å². The van der Waals surface area contributed by atoms with E-state index in [4.69, 9.17) is 26.1 Å². The van der Waals surface area contributed by atoms with Crippen LogP contribution in [0, 0.1) is 6.92 Å². The molecule has 2 heterocycles. The number of rotatable bonds is 6. The monoisotopic (exact) mass is 473 g/mol. The SMILES string of the molecule is COC(=O)c1ccc(C(=O)N(CCN2CCOCC2)c2nc3c(C)cc(Cl)cc3s2)cc1. The molecular weight excluding hydrogens is 450 g/mol. The van der Waals surface area contributed by atoms with Gasteiger partial charge in [0.25, 0.3) is 5.91 Å². The summed E-state index contributed by atoms with van der Waals surface area (Å²) < 4.78 is 11.1. The van der Waals surface area contributed by atoms with E-state index in [1.54, 1.807) is 29.2 Å². The molecule has 7 nitrogen and oxygen atoms in total. The maximum absolute atomic E-state index is 13.5. The number of benzene rings is 2. The van der Waals surface area contributed by atoms with Crippen LogP contribution in [0.4, 0.5) is 5.13 Å². The topological polar surface area (TPSA) is 72.0 Å². The van der Waals surface area contributed by atoms with Crippen LogP contribution in [0.25, 0.3) is 10.2 Å². The molecule has 2 aromatic carbocycles. The summed E-state index contributed by atoms with van der Waals surface area (Å²) in [6.07, 6.45) is 0. The first-order valence-electron chi connectivity index (χ1n) is 10.3. The van der Waals surface area contributed by atoms with Crippen LogP contribution in [0.15, 0.2) is 36.4 Å². The third-order valence-electron chi connectivity index (χ3n) is 5.41. The van der Waals surface area contributed by atoms with Crippen LogP contribution in [0.2, 0.25) is 5.02 Å². The van der Waals surface area contributed by atoms with E-state index in [1.165, 1.54) is 18.4 Å². The molecule has 1 fully saturated rings. The van der Waals surface area contributed by atoms with Gasteiger partial charge >= 0.3 is 5.97 Å². The number of hydrogen-bond donors (Lipinski definition) is 0. The maximum Gasteiger partial charge on any atom is 0.337 e. The van der Waals surface area contributed by atoms with Gasteiger partial charge in [0, 0.05) is 36.8 Å². The number of halogens is 1. The highest BCUT2D eigenvalue weighted by Gasteiger charge is 2.23. The quantitative estimate of drug-likeness (QED) is 0.503. The van der Waals surface area contributed by atoms with E-state index >= 15 is 0 Å². The number of fused-ring (bicyclic) bond motifs is 1. The number of carbonyl (C=O) groups is 2. The Hall–Kier alpha value is -2.52. The Morgan fingerprint density at radius 3 is 2.56 bits per heavy atom. The van der Waals surface area contributed by atoms with Crippen LogP contribution in [0.1, 0.15) is 26.3 Å². The van der Waals surface area contributed by atoms with Crippen molar-refractivity contribution >= 4 is 50.2 Å². The summed E-state index contributed by atoms with van der Waals surface area (Å²) in [5.41, 5.74) is 2.69. The second kappa shape index (κ2) is 9.95. The largest absolute Gasteiger partial charge is 0.465 e. The molecule has 168 valence electrons. The number of morpholine rings is 1. The van der Waals surface area contributed by atoms with Crippen LogP contribution in [0.3, 0.4) is 0 Å². The molecule has 0 saturated carbocycles. The normalized spacial score (nSPS) is 14.5. The van der Waals surface area contributed by atoms with E-state index in [-0.39, 0.29) is 5.91 Å². The van der Waals surface area contributed by atoms with Crippen LogP contribution >= 0.6 is 22.9 Å². The first kappa shape index (κ1) is 22.7. The lowest BCUT2D eigenvalue weighted by molar-refractivity contribution is 0.0391. The van der Waals surface area contributed by atoms with E-state index in [0.717, 1.165) is 28.9 Å². The second-order valence-corrected chi connectivity index (χ2v) is 8.99. The number of hydrogen-bond acceptors (Lipinski definition) is 7. The van der Waals surface area contributed by atoms with Gasteiger partial charge in [-0.3, -0.25) is 14.6 Å². The van der Waals surface area contributed by atoms with Crippen LogP contribution in [-0.2, 0) is 9.47 Å². The standard InChI is InChI=1S/C23H24ClN3O4S/c1-15-13-18(24)14-19-20(15)25-23(32-19)27(8-7-26-9-11-31-12-10-26)21(28)16-3-5-17(6-4-16)22(29)30-2/h3-6,13-14H,7-12H2,1-2H3. The van der Waals surface area contributed by atoms with Crippen molar-refractivity contribution in [3.05, 3.63) is 58.1 Å². The Morgan fingerprint density at radius 1 is 1.19 bits per heavy atom. The second-order valence-electron chi connectivity index (χ2n) is 7.55. The fourth-order valence-corrected chi connectivity index (χ4v) is 5.08. The Morgan fingerprint density at radius 2 is 1.88 bits per heavy atom. The highest BCUT2D eigenvalue weighted by molar-refractivity contribution is 7.22. The molecular formula is C23H24ClN3O4S. The number of ether oxygens (including phenoxy) is 2. The molecule has 0 N–H and O–H groups in total. The van der Waals surface area contributed by atoms with E-state index in [2.05, 4.69) is 4.90 Å². The Kier molecular flexibility index (Phi) is 7.05. The molecule has 1 aromatic heterocycles.